The van der Waals surface area contributed by atoms with Gasteiger partial charge in [0, 0.05) is 12.0 Å². The average Bonchev–Trinajstić information content (AvgIpc) is 2.62. The molecular weight excluding hydrogens is 320 g/mol. The first kappa shape index (κ1) is 16.9. The molecule has 0 spiro atoms. The Bertz CT molecular complexity index is 957. The Morgan fingerprint density at radius 2 is 1.96 bits per heavy atom. The topological polar surface area (TPSA) is 76.7 Å². The van der Waals surface area contributed by atoms with Crippen LogP contribution >= 0.6 is 0 Å². The number of hydrogen-bond donors (Lipinski definition) is 1. The first-order valence-corrected chi connectivity index (χ1v) is 8.05. The van der Waals surface area contributed by atoms with Crippen molar-refractivity contribution >= 4 is 16.7 Å². The fraction of sp³-hybridized carbons (Fsp3) is 0.200. The minimum Gasteiger partial charge on any atom is -0.464 e. The normalized spacial score (nSPS) is 12.1. The van der Waals surface area contributed by atoms with Gasteiger partial charge in [-0.05, 0) is 36.1 Å². The highest BCUT2D eigenvalue weighted by Gasteiger charge is 2.17. The van der Waals surface area contributed by atoms with Gasteiger partial charge in [-0.3, -0.25) is 0 Å². The third-order valence-electron chi connectivity index (χ3n) is 3.87. The number of fused-ring (bicyclic) bond motifs is 1. The van der Waals surface area contributed by atoms with Crippen LogP contribution in [0.2, 0.25) is 0 Å². The van der Waals surface area contributed by atoms with Gasteiger partial charge in [-0.15, -0.1) is 0 Å². The summed E-state index contributed by atoms with van der Waals surface area (Å²) in [5.41, 5.74) is 1.05. The maximum atomic E-state index is 12.1. The lowest BCUT2D eigenvalue weighted by Gasteiger charge is -2.10. The Labute approximate surface area is 144 Å². The lowest BCUT2D eigenvalue weighted by atomic mass is 10.0. The van der Waals surface area contributed by atoms with Gasteiger partial charge >= 0.3 is 11.6 Å². The average molecular weight is 338 g/mol. The molecule has 128 valence electrons. The van der Waals surface area contributed by atoms with Crippen molar-refractivity contribution in [3.05, 3.63) is 70.6 Å². The van der Waals surface area contributed by atoms with E-state index in [-0.39, 0.29) is 13.0 Å². The fourth-order valence-corrected chi connectivity index (χ4v) is 2.67. The number of carbonyl (C=O) groups is 1. The van der Waals surface area contributed by atoms with E-state index in [1.54, 1.807) is 43.3 Å². The molecular formula is C20H18O5. The first-order valence-electron chi connectivity index (χ1n) is 8.05. The standard InChI is InChI=1S/C20H18O5/c1-2-24-20(23)17(21)11-13-6-5-8-15(10-13)18-12-14-7-3-4-9-16(14)19(22)25-18/h3-10,12,17,21H,2,11H2,1H3. The second kappa shape index (κ2) is 7.32. The van der Waals surface area contributed by atoms with Gasteiger partial charge in [-0.1, -0.05) is 36.4 Å². The van der Waals surface area contributed by atoms with Crippen LogP contribution in [0.3, 0.4) is 0 Å². The van der Waals surface area contributed by atoms with Crippen LogP contribution < -0.4 is 5.63 Å². The third kappa shape index (κ3) is 3.78. The van der Waals surface area contributed by atoms with Gasteiger partial charge in [0.2, 0.25) is 0 Å². The third-order valence-corrected chi connectivity index (χ3v) is 3.87. The molecule has 0 bridgehead atoms. The summed E-state index contributed by atoms with van der Waals surface area (Å²) < 4.78 is 10.2. The molecule has 0 aliphatic rings. The SMILES string of the molecule is CCOC(=O)C(O)Cc1cccc(-c2cc3ccccc3c(=O)o2)c1. The second-order valence-corrected chi connectivity index (χ2v) is 5.66. The Morgan fingerprint density at radius 3 is 2.76 bits per heavy atom. The zero-order valence-electron chi connectivity index (χ0n) is 13.8. The van der Waals surface area contributed by atoms with Crippen LogP contribution in [0, 0.1) is 0 Å². The maximum absolute atomic E-state index is 12.1. The summed E-state index contributed by atoms with van der Waals surface area (Å²) in [7, 11) is 0. The first-order chi connectivity index (χ1) is 12.1. The summed E-state index contributed by atoms with van der Waals surface area (Å²) >= 11 is 0. The van der Waals surface area contributed by atoms with Crippen LogP contribution in [0.5, 0.6) is 0 Å². The quantitative estimate of drug-likeness (QED) is 0.724. The molecule has 0 fully saturated rings. The highest BCUT2D eigenvalue weighted by Crippen LogP contribution is 2.23. The number of rotatable bonds is 5. The molecule has 1 unspecified atom stereocenters. The molecule has 0 radical (unpaired) electrons. The predicted octanol–water partition coefficient (Wildman–Crippen LogP) is 2.93. The van der Waals surface area contributed by atoms with Crippen LogP contribution in [0.4, 0.5) is 0 Å². The zero-order chi connectivity index (χ0) is 17.8. The molecule has 1 N–H and O–H groups in total. The number of carbonyl (C=O) groups excluding carboxylic acids is 1. The van der Waals surface area contributed by atoms with Gasteiger partial charge in [0.05, 0.1) is 12.0 Å². The van der Waals surface area contributed by atoms with E-state index in [2.05, 4.69) is 0 Å². The Hall–Kier alpha value is -2.92. The van der Waals surface area contributed by atoms with E-state index in [4.69, 9.17) is 9.15 Å². The van der Waals surface area contributed by atoms with Gasteiger partial charge in [0.25, 0.3) is 0 Å². The summed E-state index contributed by atoms with van der Waals surface area (Å²) in [6.45, 7) is 1.91. The minimum atomic E-state index is -1.22. The Kier molecular flexibility index (Phi) is 4.95. The van der Waals surface area contributed by atoms with E-state index >= 15 is 0 Å². The smallest absolute Gasteiger partial charge is 0.344 e. The predicted molar refractivity (Wildman–Crippen MR) is 94.3 cm³/mol. The number of esters is 1. The monoisotopic (exact) mass is 338 g/mol. The van der Waals surface area contributed by atoms with Crippen molar-refractivity contribution < 1.29 is 19.1 Å². The van der Waals surface area contributed by atoms with E-state index in [0.29, 0.717) is 16.7 Å². The number of aliphatic hydroxyl groups is 1. The second-order valence-electron chi connectivity index (χ2n) is 5.66. The molecule has 0 saturated heterocycles. The lowest BCUT2D eigenvalue weighted by Crippen LogP contribution is -2.25. The van der Waals surface area contributed by atoms with Crippen LogP contribution in [-0.2, 0) is 16.0 Å². The molecule has 0 amide bonds. The summed E-state index contributed by atoms with van der Waals surface area (Å²) in [6.07, 6.45) is -1.09. The molecule has 0 aliphatic heterocycles. The summed E-state index contributed by atoms with van der Waals surface area (Å²) in [4.78, 5) is 23.7. The van der Waals surface area contributed by atoms with E-state index in [9.17, 15) is 14.7 Å². The van der Waals surface area contributed by atoms with Crippen LogP contribution in [-0.4, -0.2) is 23.8 Å². The molecule has 2 aromatic carbocycles. The summed E-state index contributed by atoms with van der Waals surface area (Å²) in [5, 5.41) is 11.2. The van der Waals surface area contributed by atoms with Gasteiger partial charge in [-0.2, -0.15) is 0 Å². The molecule has 3 aromatic rings. The number of benzene rings is 2. The van der Waals surface area contributed by atoms with E-state index in [1.165, 1.54) is 0 Å². The molecule has 1 heterocycles. The van der Waals surface area contributed by atoms with Crippen LogP contribution in [0.15, 0.2) is 63.8 Å². The minimum absolute atomic E-state index is 0.129. The molecule has 5 heteroatoms. The van der Waals surface area contributed by atoms with Gasteiger partial charge in [0.1, 0.15) is 5.76 Å². The molecule has 25 heavy (non-hydrogen) atoms. The van der Waals surface area contributed by atoms with E-state index in [1.807, 2.05) is 18.2 Å². The molecule has 5 nitrogen and oxygen atoms in total. The summed E-state index contributed by atoms with van der Waals surface area (Å²) in [6, 6.07) is 16.2. The van der Waals surface area contributed by atoms with Crippen molar-refractivity contribution in [3.63, 3.8) is 0 Å². The maximum Gasteiger partial charge on any atom is 0.344 e. The number of aliphatic hydroxyl groups excluding tert-OH is 1. The Balaban J connectivity index is 1.91. The highest BCUT2D eigenvalue weighted by atomic mass is 16.5. The largest absolute Gasteiger partial charge is 0.464 e. The van der Waals surface area contributed by atoms with Crippen LogP contribution in [0.1, 0.15) is 12.5 Å². The van der Waals surface area contributed by atoms with E-state index in [0.717, 1.165) is 10.9 Å². The van der Waals surface area contributed by atoms with Crippen LogP contribution in [0.25, 0.3) is 22.1 Å². The summed E-state index contributed by atoms with van der Waals surface area (Å²) in [5.74, 6) is -0.207. The van der Waals surface area contributed by atoms with Gasteiger partial charge in [0.15, 0.2) is 6.10 Å². The zero-order valence-corrected chi connectivity index (χ0v) is 13.8. The van der Waals surface area contributed by atoms with Crippen molar-refractivity contribution in [1.82, 2.24) is 0 Å². The van der Waals surface area contributed by atoms with E-state index < -0.39 is 17.7 Å². The van der Waals surface area contributed by atoms with Crippen molar-refractivity contribution in [1.29, 1.82) is 0 Å². The molecule has 3 rings (SSSR count). The van der Waals surface area contributed by atoms with Gasteiger partial charge < -0.3 is 14.3 Å². The number of hydrogen-bond acceptors (Lipinski definition) is 5. The molecule has 1 atom stereocenters. The van der Waals surface area contributed by atoms with Crippen molar-refractivity contribution in [3.8, 4) is 11.3 Å². The Morgan fingerprint density at radius 1 is 1.16 bits per heavy atom. The van der Waals surface area contributed by atoms with Gasteiger partial charge in [-0.25, -0.2) is 9.59 Å². The van der Waals surface area contributed by atoms with Crippen molar-refractivity contribution in [2.24, 2.45) is 0 Å². The van der Waals surface area contributed by atoms with Crippen molar-refractivity contribution in [2.75, 3.05) is 6.61 Å². The molecule has 0 aliphatic carbocycles. The fourth-order valence-electron chi connectivity index (χ4n) is 2.67. The lowest BCUT2D eigenvalue weighted by molar-refractivity contribution is -0.152. The van der Waals surface area contributed by atoms with Crippen molar-refractivity contribution in [2.45, 2.75) is 19.4 Å². The highest BCUT2D eigenvalue weighted by molar-refractivity contribution is 5.84. The molecule has 1 aromatic heterocycles. The molecule has 0 saturated carbocycles. The number of ether oxygens (including phenoxy) is 1.